The first-order valence-corrected chi connectivity index (χ1v) is 19.9. The smallest absolute Gasteiger partial charge is 0.407 e. The second-order valence-electron chi connectivity index (χ2n) is 15.4. The Bertz CT molecular complexity index is 2220. The van der Waals surface area contributed by atoms with E-state index in [-0.39, 0.29) is 36.0 Å². The number of hydrogen-bond acceptors (Lipinski definition) is 8. The summed E-state index contributed by atoms with van der Waals surface area (Å²) in [5, 5.41) is 6.00. The number of amides is 4. The number of halogens is 2. The van der Waals surface area contributed by atoms with Gasteiger partial charge in [0.05, 0.1) is 37.7 Å². The molecule has 3 aliphatic carbocycles. The summed E-state index contributed by atoms with van der Waals surface area (Å²) in [6, 6.07) is 14.5. The third kappa shape index (κ3) is 5.99. The molecule has 2 unspecified atom stereocenters. The lowest BCUT2D eigenvalue weighted by molar-refractivity contribution is -0.136. The number of aromatic amines is 2. The van der Waals surface area contributed by atoms with Crippen LogP contribution in [0.5, 0.6) is 0 Å². The van der Waals surface area contributed by atoms with Crippen molar-refractivity contribution in [3.8, 4) is 33.6 Å². The van der Waals surface area contributed by atoms with Crippen molar-refractivity contribution < 1.29 is 28.7 Å². The van der Waals surface area contributed by atoms with Crippen LogP contribution in [0, 0.1) is 23.7 Å². The highest BCUT2D eigenvalue weighted by Gasteiger charge is 2.85. The van der Waals surface area contributed by atoms with Gasteiger partial charge in [-0.1, -0.05) is 85.6 Å². The van der Waals surface area contributed by atoms with Crippen LogP contribution in [0.4, 0.5) is 9.59 Å². The number of carbonyl (C=O) groups excluding carboxylic acids is 4. The number of carbonyl (C=O) groups is 4. The number of benzene rings is 2. The van der Waals surface area contributed by atoms with E-state index in [0.29, 0.717) is 69.9 Å². The van der Waals surface area contributed by atoms with Gasteiger partial charge in [-0.15, -0.1) is 0 Å². The fraction of sp³-hybridized carbons (Fsp3) is 0.450. The maximum Gasteiger partial charge on any atom is 0.407 e. The van der Waals surface area contributed by atoms with Crippen molar-refractivity contribution in [3.63, 3.8) is 0 Å². The lowest BCUT2D eigenvalue weighted by atomic mass is 10.0. The summed E-state index contributed by atoms with van der Waals surface area (Å²) in [4.78, 5) is 71.0. The maximum absolute atomic E-state index is 13.6. The number of hydrogen-bond donors (Lipinski definition) is 4. The Morgan fingerprint density at radius 3 is 1.68 bits per heavy atom. The molecule has 0 radical (unpaired) electrons. The van der Waals surface area contributed by atoms with Gasteiger partial charge in [-0.25, -0.2) is 19.6 Å². The number of likely N-dealkylation sites (tertiary alicyclic amines) is 1. The highest BCUT2D eigenvalue weighted by molar-refractivity contribution is 6.32. The van der Waals surface area contributed by atoms with E-state index in [9.17, 15) is 19.2 Å². The molecule has 2 bridgehead atoms. The summed E-state index contributed by atoms with van der Waals surface area (Å²) in [5.41, 5.74) is 5.08. The van der Waals surface area contributed by atoms with Gasteiger partial charge in [0.1, 0.15) is 23.7 Å². The molecule has 10 rings (SSSR count). The molecule has 3 saturated carbocycles. The molecule has 2 aromatic heterocycles. The summed E-state index contributed by atoms with van der Waals surface area (Å²) in [6.07, 6.45) is 1.35. The van der Waals surface area contributed by atoms with Gasteiger partial charge in [-0.05, 0) is 60.5 Å². The van der Waals surface area contributed by atoms with E-state index in [4.69, 9.17) is 37.7 Å². The van der Waals surface area contributed by atoms with Crippen molar-refractivity contribution in [2.75, 3.05) is 14.2 Å². The zero-order valence-corrected chi connectivity index (χ0v) is 32.7. The van der Waals surface area contributed by atoms with Crippen LogP contribution < -0.4 is 10.6 Å². The maximum atomic E-state index is 13.6. The first-order chi connectivity index (χ1) is 27.1. The third-order valence-corrected chi connectivity index (χ3v) is 13.0. The Morgan fingerprint density at radius 1 is 0.714 bits per heavy atom. The van der Waals surface area contributed by atoms with Gasteiger partial charge in [-0.2, -0.15) is 0 Å². The minimum atomic E-state index is -0.686. The lowest BCUT2D eigenvalue weighted by Crippen LogP contribution is -2.49. The number of alkyl carbamates (subject to hydrolysis) is 2. The van der Waals surface area contributed by atoms with Gasteiger partial charge in [0.2, 0.25) is 11.8 Å². The summed E-state index contributed by atoms with van der Waals surface area (Å²) < 4.78 is 9.48. The Labute approximate surface area is 333 Å². The molecule has 2 aromatic carbocycles. The quantitative estimate of drug-likeness (QED) is 0.133. The number of imidazole rings is 2. The highest BCUT2D eigenvalue weighted by atomic mass is 35.5. The molecule has 3 aliphatic heterocycles. The van der Waals surface area contributed by atoms with E-state index < -0.39 is 24.3 Å². The first kappa shape index (κ1) is 36.6. The van der Waals surface area contributed by atoms with E-state index >= 15 is 0 Å². The number of aromatic nitrogens is 4. The first-order valence-electron chi connectivity index (χ1n) is 19.1. The zero-order chi connectivity index (χ0) is 39.2. The van der Waals surface area contributed by atoms with Crippen LogP contribution in [0.1, 0.15) is 63.3 Å². The van der Waals surface area contributed by atoms with Gasteiger partial charge in [0, 0.05) is 23.2 Å². The Morgan fingerprint density at radius 2 is 1.18 bits per heavy atom. The molecule has 4 N–H and O–H groups in total. The van der Waals surface area contributed by atoms with E-state index in [1.807, 2.05) is 72.2 Å². The number of nitrogens with one attached hydrogen (secondary N) is 4. The van der Waals surface area contributed by atoms with E-state index in [0.717, 1.165) is 35.1 Å². The molecule has 56 heavy (non-hydrogen) atoms. The minimum Gasteiger partial charge on any atom is -0.453 e. The molecule has 4 aromatic rings. The highest BCUT2D eigenvalue weighted by Crippen LogP contribution is 2.81. The Balaban J connectivity index is 0.890. The minimum absolute atomic E-state index is 0.125. The van der Waals surface area contributed by atoms with Crippen molar-refractivity contribution >= 4 is 47.2 Å². The number of fused-ring (bicyclic) bond motifs is 2. The lowest BCUT2D eigenvalue weighted by Gasteiger charge is -2.30. The molecule has 4 amide bonds. The molecule has 0 spiro atoms. The number of H-pyrrole nitrogens is 2. The van der Waals surface area contributed by atoms with E-state index in [1.165, 1.54) is 14.2 Å². The van der Waals surface area contributed by atoms with Crippen molar-refractivity contribution in [1.29, 1.82) is 0 Å². The predicted octanol–water partition coefficient (Wildman–Crippen LogP) is 6.50. The van der Waals surface area contributed by atoms with Crippen LogP contribution in [-0.4, -0.2) is 92.1 Å². The number of piperidine rings is 2. The molecule has 6 aliphatic rings. The van der Waals surface area contributed by atoms with Crippen molar-refractivity contribution in [3.05, 3.63) is 70.5 Å². The monoisotopic (exact) mass is 800 g/mol. The van der Waals surface area contributed by atoms with Crippen molar-refractivity contribution in [2.45, 2.75) is 75.8 Å². The predicted molar refractivity (Wildman–Crippen MR) is 206 cm³/mol. The molecule has 5 heterocycles. The van der Waals surface area contributed by atoms with Crippen LogP contribution in [0.15, 0.2) is 48.5 Å². The average Bonchev–Trinajstić information content (AvgIpc) is 4.08. The molecular weight excluding hydrogens is 759 g/mol. The summed E-state index contributed by atoms with van der Waals surface area (Å²) in [5.74, 6) is 2.75. The molecule has 16 heteroatoms. The third-order valence-electron chi connectivity index (χ3n) is 12.4. The van der Waals surface area contributed by atoms with Crippen LogP contribution >= 0.6 is 23.2 Å². The summed E-state index contributed by atoms with van der Waals surface area (Å²) in [6.45, 7) is 3.72. The number of methoxy groups -OCH3 is 2. The average molecular weight is 802 g/mol. The Hall–Kier alpha value is -5.08. The van der Waals surface area contributed by atoms with Gasteiger partial charge < -0.3 is 39.9 Å². The van der Waals surface area contributed by atoms with Gasteiger partial charge in [0.25, 0.3) is 0 Å². The van der Waals surface area contributed by atoms with Crippen LogP contribution in [0.3, 0.4) is 0 Å². The molecule has 6 fully saturated rings. The molecule has 3 saturated heterocycles. The molecular formula is C40H42Cl2N8O6. The van der Waals surface area contributed by atoms with Crippen molar-refractivity contribution in [2.24, 2.45) is 23.7 Å². The van der Waals surface area contributed by atoms with Gasteiger partial charge in [0.15, 0.2) is 10.3 Å². The largest absolute Gasteiger partial charge is 0.453 e. The summed E-state index contributed by atoms with van der Waals surface area (Å²) in [7, 11) is 2.56. The molecule has 14 nitrogen and oxygen atoms in total. The molecule has 10 atom stereocenters. The van der Waals surface area contributed by atoms with Gasteiger partial charge in [-0.3, -0.25) is 9.59 Å². The number of ether oxygens (including phenoxy) is 2. The van der Waals surface area contributed by atoms with Crippen molar-refractivity contribution in [1.82, 2.24) is 40.4 Å². The second-order valence-corrected chi connectivity index (χ2v) is 16.1. The van der Waals surface area contributed by atoms with Crippen LogP contribution in [-0.2, 0) is 19.1 Å². The van der Waals surface area contributed by atoms with E-state index in [2.05, 4.69) is 25.6 Å². The standard InChI is InChI=1S/C40H42Cl2N8O6/c1-5-22(43-39(53)55-3)37(51)49-24-15-21(24)16-25(49)35-45-29(33(41)47-35)19-11-7-17(8-12-19)18-9-13-20(14-10-18)30-34(42)48-36(46-30)32-28-26-27(28)31(26)50(32)38(52)23(6-2)44-40(54)56-4/h7-14,21-28,31-32H,5-6,15-16H2,1-4H3,(H,43,53)(H,44,54)(H,45,47)(H,46,48)/t21-,22+,23+,24-,25+,26-,27?,28?,31+,32+/m1/s1. The van der Waals surface area contributed by atoms with E-state index in [1.54, 1.807) is 0 Å². The topological polar surface area (TPSA) is 175 Å². The fourth-order valence-electron chi connectivity index (χ4n) is 9.33. The molecule has 292 valence electrons. The Kier molecular flexibility index (Phi) is 9.03. The second kappa shape index (κ2) is 13.8. The summed E-state index contributed by atoms with van der Waals surface area (Å²) >= 11 is 13.4. The zero-order valence-electron chi connectivity index (χ0n) is 31.2. The number of rotatable bonds is 11. The van der Waals surface area contributed by atoms with Crippen LogP contribution in [0.25, 0.3) is 33.6 Å². The normalized spacial score (nSPS) is 27.2. The number of nitrogens with zero attached hydrogens (tertiary/aromatic N) is 4. The SMILES string of the molecule is CC[C@H](NC(=O)OC)C(=O)N1[C@H](c2nc(Cl)c(-c3ccc(-c4ccc(-c5[nH]c([C@@H]6C[C@H]7C[C@H]7N6C(=O)[C@H](CC)NC(=O)OC)nc5Cl)cc4)cc3)[nH]2)C2C3[C@H]2[C@@H]31. The van der Waals surface area contributed by atoms with Gasteiger partial charge >= 0.3 is 12.2 Å². The fourth-order valence-corrected chi connectivity index (χ4v) is 9.83. The van der Waals surface area contributed by atoms with Crippen LogP contribution in [0.2, 0.25) is 10.3 Å².